The number of carbonyl (C=O) groups is 2. The number of anilines is 1. The van der Waals surface area contributed by atoms with E-state index in [0.717, 1.165) is 12.1 Å². The van der Waals surface area contributed by atoms with Crippen molar-refractivity contribution < 1.29 is 27.5 Å². The van der Waals surface area contributed by atoms with Crippen LogP contribution < -0.4 is 10.0 Å². The highest BCUT2D eigenvalue weighted by molar-refractivity contribution is 7.89. The number of carbonyl (C=O) groups excluding carboxylic acids is 1. The second kappa shape index (κ2) is 7.52. The number of aliphatic carboxylic acids is 1. The topological polar surface area (TPSA) is 113 Å². The molecule has 0 radical (unpaired) electrons. The van der Waals surface area contributed by atoms with E-state index < -0.39 is 32.6 Å². The molecule has 122 valence electrons. The van der Waals surface area contributed by atoms with E-state index >= 15 is 0 Å². The van der Waals surface area contributed by atoms with Crippen LogP contribution in [0.1, 0.15) is 19.8 Å². The fourth-order valence-corrected chi connectivity index (χ4v) is 2.98. The highest BCUT2D eigenvalue weighted by Gasteiger charge is 2.21. The van der Waals surface area contributed by atoms with Gasteiger partial charge in [0.1, 0.15) is 10.7 Å². The van der Waals surface area contributed by atoms with Crippen LogP contribution in [0.3, 0.4) is 0 Å². The van der Waals surface area contributed by atoms with Gasteiger partial charge in [-0.3, -0.25) is 9.59 Å². The monoisotopic (exact) mass is 352 g/mol. The van der Waals surface area contributed by atoms with E-state index in [1.165, 1.54) is 6.92 Å². The van der Waals surface area contributed by atoms with Crippen LogP contribution in [-0.4, -0.2) is 31.9 Å². The molecule has 22 heavy (non-hydrogen) atoms. The number of rotatable bonds is 7. The first-order valence-electron chi connectivity index (χ1n) is 6.11. The molecule has 1 aromatic rings. The Morgan fingerprint density at radius 1 is 1.36 bits per heavy atom. The van der Waals surface area contributed by atoms with Crippen LogP contribution >= 0.6 is 11.6 Å². The molecule has 0 aliphatic rings. The molecule has 0 aliphatic heterocycles. The first-order valence-corrected chi connectivity index (χ1v) is 7.97. The molecule has 7 nitrogen and oxygen atoms in total. The Bertz CT molecular complexity index is 693. The number of hydrogen-bond acceptors (Lipinski definition) is 4. The van der Waals surface area contributed by atoms with Crippen molar-refractivity contribution in [3.8, 4) is 0 Å². The van der Waals surface area contributed by atoms with Crippen molar-refractivity contribution >= 4 is 39.2 Å². The van der Waals surface area contributed by atoms with E-state index in [9.17, 15) is 22.4 Å². The number of sulfonamides is 1. The van der Waals surface area contributed by atoms with Gasteiger partial charge in [-0.25, -0.2) is 17.5 Å². The molecule has 0 spiro atoms. The molecule has 10 heteroatoms. The van der Waals surface area contributed by atoms with Crippen molar-refractivity contribution in [1.82, 2.24) is 4.72 Å². The van der Waals surface area contributed by atoms with Gasteiger partial charge in [0.15, 0.2) is 0 Å². The van der Waals surface area contributed by atoms with Gasteiger partial charge >= 0.3 is 5.97 Å². The lowest BCUT2D eigenvalue weighted by atomic mass is 10.3. The molecule has 0 bridgehead atoms. The molecule has 1 rings (SSSR count). The van der Waals surface area contributed by atoms with Gasteiger partial charge in [0, 0.05) is 26.0 Å². The van der Waals surface area contributed by atoms with Gasteiger partial charge in [0.05, 0.1) is 10.7 Å². The molecule has 0 heterocycles. The van der Waals surface area contributed by atoms with Gasteiger partial charge in [0.25, 0.3) is 0 Å². The summed E-state index contributed by atoms with van der Waals surface area (Å²) in [5, 5.41) is 10.6. The summed E-state index contributed by atoms with van der Waals surface area (Å²) in [5.74, 6) is -2.63. The van der Waals surface area contributed by atoms with E-state index in [2.05, 4.69) is 10.0 Å². The third-order valence-corrected chi connectivity index (χ3v) is 4.27. The maximum absolute atomic E-state index is 13.9. The van der Waals surface area contributed by atoms with Crippen molar-refractivity contribution in [1.29, 1.82) is 0 Å². The maximum Gasteiger partial charge on any atom is 0.303 e. The molecule has 0 unspecified atom stereocenters. The number of carboxylic acids is 1. The quantitative estimate of drug-likeness (QED) is 0.645. The van der Waals surface area contributed by atoms with Gasteiger partial charge in [-0.1, -0.05) is 11.6 Å². The van der Waals surface area contributed by atoms with Crippen molar-refractivity contribution in [3.63, 3.8) is 0 Å². The van der Waals surface area contributed by atoms with Gasteiger partial charge < -0.3 is 10.4 Å². The van der Waals surface area contributed by atoms with Crippen LogP contribution in [0.25, 0.3) is 0 Å². The van der Waals surface area contributed by atoms with Gasteiger partial charge in [0.2, 0.25) is 15.9 Å². The minimum Gasteiger partial charge on any atom is -0.481 e. The van der Waals surface area contributed by atoms with Crippen LogP contribution in [0, 0.1) is 5.82 Å². The number of carboxylic acid groups (broad SMARTS) is 1. The first kappa shape index (κ1) is 18.3. The summed E-state index contributed by atoms with van der Waals surface area (Å²) < 4.78 is 39.8. The smallest absolute Gasteiger partial charge is 0.303 e. The van der Waals surface area contributed by atoms with Crippen molar-refractivity contribution in [2.75, 3.05) is 11.9 Å². The summed E-state index contributed by atoms with van der Waals surface area (Å²) in [4.78, 5) is 20.6. The predicted molar refractivity (Wildman–Crippen MR) is 77.8 cm³/mol. The third-order valence-electron chi connectivity index (χ3n) is 2.48. The van der Waals surface area contributed by atoms with Crippen LogP contribution in [0.15, 0.2) is 17.0 Å². The Kier molecular flexibility index (Phi) is 6.27. The molecule has 0 atom stereocenters. The number of amides is 1. The average molecular weight is 353 g/mol. The summed E-state index contributed by atoms with van der Waals surface area (Å²) in [6, 6.07) is 1.68. The number of nitrogens with one attached hydrogen (secondary N) is 2. The Balaban J connectivity index is 2.93. The standard InChI is InChI=1S/C12H14ClFN2O5S/c1-7(17)16-10-6-9(14)11(5-8(10)13)22(20,21)15-4-2-3-12(18)19/h5-6,15H,2-4H2,1H3,(H,16,17)(H,18,19). The molecule has 3 N–H and O–H groups in total. The minimum absolute atomic E-state index is 0.0449. The SMILES string of the molecule is CC(=O)Nc1cc(F)c(S(=O)(=O)NCCCC(=O)O)cc1Cl. The summed E-state index contributed by atoms with van der Waals surface area (Å²) in [6.45, 7) is 1.04. The molecule has 0 fully saturated rings. The van der Waals surface area contributed by atoms with Crippen LogP contribution in [-0.2, 0) is 19.6 Å². The van der Waals surface area contributed by atoms with Gasteiger partial charge in [-0.15, -0.1) is 0 Å². The largest absolute Gasteiger partial charge is 0.481 e. The van der Waals surface area contributed by atoms with E-state index in [0.29, 0.717) is 0 Å². The normalized spacial score (nSPS) is 11.2. The zero-order chi connectivity index (χ0) is 16.9. The summed E-state index contributed by atoms with van der Waals surface area (Å²) in [6.07, 6.45) is -0.152. The molecule has 1 aromatic carbocycles. The lowest BCUT2D eigenvalue weighted by Gasteiger charge is -2.10. The van der Waals surface area contributed by atoms with Crippen molar-refractivity contribution in [2.45, 2.75) is 24.7 Å². The van der Waals surface area contributed by atoms with E-state index in [4.69, 9.17) is 16.7 Å². The molecule has 1 amide bonds. The number of halogens is 2. The first-order chi connectivity index (χ1) is 10.1. The van der Waals surface area contributed by atoms with Gasteiger partial charge in [-0.2, -0.15) is 0 Å². The molecule has 0 saturated heterocycles. The maximum atomic E-state index is 13.9. The fourth-order valence-electron chi connectivity index (χ4n) is 1.54. The highest BCUT2D eigenvalue weighted by atomic mass is 35.5. The second-order valence-electron chi connectivity index (χ2n) is 4.34. The van der Waals surface area contributed by atoms with Crippen LogP contribution in [0.2, 0.25) is 5.02 Å². The lowest BCUT2D eigenvalue weighted by Crippen LogP contribution is -2.26. The Morgan fingerprint density at radius 3 is 2.55 bits per heavy atom. The van der Waals surface area contributed by atoms with Gasteiger partial charge in [-0.05, 0) is 12.5 Å². The van der Waals surface area contributed by atoms with E-state index in [-0.39, 0.29) is 30.1 Å². The summed E-state index contributed by atoms with van der Waals surface area (Å²) in [5.41, 5.74) is -0.0449. The fraction of sp³-hybridized carbons (Fsp3) is 0.333. The molecule has 0 aliphatic carbocycles. The van der Waals surface area contributed by atoms with Crippen LogP contribution in [0.4, 0.5) is 10.1 Å². The number of benzene rings is 1. The minimum atomic E-state index is -4.17. The Labute approximate surface area is 131 Å². The van der Waals surface area contributed by atoms with Crippen LogP contribution in [0.5, 0.6) is 0 Å². The Hall–Kier alpha value is -1.71. The summed E-state index contributed by atoms with van der Waals surface area (Å²) in [7, 11) is -4.17. The lowest BCUT2D eigenvalue weighted by molar-refractivity contribution is -0.137. The molecular formula is C12H14ClFN2O5S. The highest BCUT2D eigenvalue weighted by Crippen LogP contribution is 2.28. The second-order valence-corrected chi connectivity index (χ2v) is 6.48. The average Bonchev–Trinajstić information content (AvgIpc) is 2.37. The number of hydrogen-bond donors (Lipinski definition) is 3. The summed E-state index contributed by atoms with van der Waals surface area (Å²) >= 11 is 5.80. The molecule has 0 aromatic heterocycles. The van der Waals surface area contributed by atoms with Crippen molar-refractivity contribution in [3.05, 3.63) is 23.0 Å². The molecule has 0 saturated carbocycles. The van der Waals surface area contributed by atoms with Crippen molar-refractivity contribution in [2.24, 2.45) is 0 Å². The zero-order valence-corrected chi connectivity index (χ0v) is 13.1. The molecular weight excluding hydrogens is 339 g/mol. The predicted octanol–water partition coefficient (Wildman–Crippen LogP) is 1.58. The zero-order valence-electron chi connectivity index (χ0n) is 11.5. The third kappa shape index (κ3) is 5.24. The van der Waals surface area contributed by atoms with E-state index in [1.807, 2.05) is 0 Å². The Morgan fingerprint density at radius 2 is 2.00 bits per heavy atom. The van der Waals surface area contributed by atoms with E-state index in [1.54, 1.807) is 0 Å².